The summed E-state index contributed by atoms with van der Waals surface area (Å²) in [4.78, 5) is 2.62. The molecule has 0 radical (unpaired) electrons. The summed E-state index contributed by atoms with van der Waals surface area (Å²) in [5.41, 5.74) is 1.42. The fraction of sp³-hybridized carbons (Fsp3) is 0.647. The third kappa shape index (κ3) is 3.33. The molecule has 1 heterocycles. The van der Waals surface area contributed by atoms with Gasteiger partial charge in [0.1, 0.15) is 5.75 Å². The molecule has 0 saturated carbocycles. The summed E-state index contributed by atoms with van der Waals surface area (Å²) in [7, 11) is 2.05. The number of nitrogens with one attached hydrogen (secondary N) is 1. The van der Waals surface area contributed by atoms with E-state index in [2.05, 4.69) is 48.3 Å². The van der Waals surface area contributed by atoms with Crippen LogP contribution in [0, 0.1) is 5.92 Å². The van der Waals surface area contributed by atoms with Crippen molar-refractivity contribution in [2.45, 2.75) is 39.3 Å². The van der Waals surface area contributed by atoms with Crippen molar-refractivity contribution in [1.29, 1.82) is 0 Å². The zero-order chi connectivity index (χ0) is 14.5. The number of rotatable bonds is 6. The molecule has 1 saturated heterocycles. The van der Waals surface area contributed by atoms with Crippen molar-refractivity contribution in [3.8, 4) is 5.75 Å². The van der Waals surface area contributed by atoms with Gasteiger partial charge in [0, 0.05) is 12.1 Å². The Labute approximate surface area is 123 Å². The van der Waals surface area contributed by atoms with Gasteiger partial charge in [-0.15, -0.1) is 0 Å². The normalized spacial score (nSPS) is 23.4. The predicted octanol–water partition coefficient (Wildman–Crippen LogP) is 3.08. The quantitative estimate of drug-likeness (QED) is 0.864. The van der Waals surface area contributed by atoms with Crippen LogP contribution in [0.3, 0.4) is 0 Å². The predicted molar refractivity (Wildman–Crippen MR) is 84.2 cm³/mol. The van der Waals surface area contributed by atoms with Crippen LogP contribution >= 0.6 is 0 Å². The molecule has 1 aliphatic heterocycles. The molecule has 1 N–H and O–H groups in total. The highest BCUT2D eigenvalue weighted by molar-refractivity contribution is 5.30. The van der Waals surface area contributed by atoms with Gasteiger partial charge in [-0.05, 0) is 70.9 Å². The minimum Gasteiger partial charge on any atom is -0.494 e. The Morgan fingerprint density at radius 2 is 2.00 bits per heavy atom. The number of likely N-dealkylation sites (tertiary alicyclic amines) is 1. The van der Waals surface area contributed by atoms with Gasteiger partial charge in [0.2, 0.25) is 0 Å². The number of hydrogen-bond acceptors (Lipinski definition) is 3. The summed E-state index contributed by atoms with van der Waals surface area (Å²) in [5.74, 6) is 1.66. The summed E-state index contributed by atoms with van der Waals surface area (Å²) in [5, 5.41) is 3.35. The van der Waals surface area contributed by atoms with E-state index < -0.39 is 0 Å². The lowest BCUT2D eigenvalue weighted by Crippen LogP contribution is -2.33. The number of ether oxygens (including phenoxy) is 1. The van der Waals surface area contributed by atoms with Crippen LogP contribution in [0.15, 0.2) is 24.3 Å². The Morgan fingerprint density at radius 1 is 1.30 bits per heavy atom. The second-order valence-corrected chi connectivity index (χ2v) is 5.88. The largest absolute Gasteiger partial charge is 0.494 e. The van der Waals surface area contributed by atoms with Gasteiger partial charge < -0.3 is 10.1 Å². The van der Waals surface area contributed by atoms with Crippen LogP contribution in [0.25, 0.3) is 0 Å². The molecule has 1 aliphatic rings. The van der Waals surface area contributed by atoms with Crippen LogP contribution in [-0.2, 0) is 0 Å². The van der Waals surface area contributed by atoms with E-state index in [0.29, 0.717) is 18.0 Å². The Morgan fingerprint density at radius 3 is 2.55 bits per heavy atom. The van der Waals surface area contributed by atoms with Crippen LogP contribution in [-0.4, -0.2) is 37.7 Å². The first kappa shape index (κ1) is 15.3. The third-order valence-corrected chi connectivity index (χ3v) is 4.22. The molecule has 0 aromatic heterocycles. The van der Waals surface area contributed by atoms with Gasteiger partial charge in [0.05, 0.1) is 6.61 Å². The molecule has 2 unspecified atom stereocenters. The molecule has 0 bridgehead atoms. The lowest BCUT2D eigenvalue weighted by Gasteiger charge is -2.31. The Hall–Kier alpha value is -1.06. The minimum absolute atomic E-state index is 0.526. The van der Waals surface area contributed by atoms with Crippen LogP contribution in [0.2, 0.25) is 0 Å². The fourth-order valence-electron chi connectivity index (χ4n) is 3.33. The lowest BCUT2D eigenvalue weighted by atomic mass is 9.93. The highest BCUT2D eigenvalue weighted by Crippen LogP contribution is 2.38. The van der Waals surface area contributed by atoms with E-state index in [0.717, 1.165) is 18.9 Å². The molecule has 3 nitrogen and oxygen atoms in total. The van der Waals surface area contributed by atoms with Crippen molar-refractivity contribution in [3.05, 3.63) is 29.8 Å². The van der Waals surface area contributed by atoms with Crippen LogP contribution in [0.1, 0.15) is 38.8 Å². The van der Waals surface area contributed by atoms with Crippen molar-refractivity contribution in [2.24, 2.45) is 5.92 Å². The first-order valence-corrected chi connectivity index (χ1v) is 7.80. The standard InChI is InChI=1S/C17H28N2O/c1-5-20-16-8-6-14(7-9-16)17-15(12-18-4)10-11-19(17)13(2)3/h6-9,13,15,17-18H,5,10-12H2,1-4H3. The highest BCUT2D eigenvalue weighted by Gasteiger charge is 2.35. The van der Waals surface area contributed by atoms with Crippen molar-refractivity contribution in [2.75, 3.05) is 26.7 Å². The summed E-state index contributed by atoms with van der Waals surface area (Å²) >= 11 is 0. The Kier molecular flexibility index (Phi) is 5.44. The molecule has 1 aromatic rings. The second-order valence-electron chi connectivity index (χ2n) is 5.88. The fourth-order valence-corrected chi connectivity index (χ4v) is 3.33. The molecular weight excluding hydrogens is 248 g/mol. The molecule has 20 heavy (non-hydrogen) atoms. The maximum atomic E-state index is 5.55. The maximum Gasteiger partial charge on any atom is 0.119 e. The molecule has 0 aliphatic carbocycles. The second kappa shape index (κ2) is 7.09. The topological polar surface area (TPSA) is 24.5 Å². The van der Waals surface area contributed by atoms with E-state index >= 15 is 0 Å². The smallest absolute Gasteiger partial charge is 0.119 e. The van der Waals surface area contributed by atoms with Crippen molar-refractivity contribution in [1.82, 2.24) is 10.2 Å². The monoisotopic (exact) mass is 276 g/mol. The minimum atomic E-state index is 0.526. The molecule has 1 aromatic carbocycles. The molecule has 0 amide bonds. The average Bonchev–Trinajstić information content (AvgIpc) is 2.84. The van der Waals surface area contributed by atoms with Gasteiger partial charge in [-0.1, -0.05) is 12.1 Å². The van der Waals surface area contributed by atoms with Crippen molar-refractivity contribution in [3.63, 3.8) is 0 Å². The molecule has 112 valence electrons. The van der Waals surface area contributed by atoms with Gasteiger partial charge >= 0.3 is 0 Å². The van der Waals surface area contributed by atoms with Crippen LogP contribution < -0.4 is 10.1 Å². The van der Waals surface area contributed by atoms with E-state index in [1.807, 2.05) is 14.0 Å². The molecule has 3 heteroatoms. The number of nitrogens with zero attached hydrogens (tertiary/aromatic N) is 1. The van der Waals surface area contributed by atoms with Gasteiger partial charge in [-0.25, -0.2) is 0 Å². The maximum absolute atomic E-state index is 5.55. The van der Waals surface area contributed by atoms with Crippen molar-refractivity contribution >= 4 is 0 Å². The third-order valence-electron chi connectivity index (χ3n) is 4.22. The Balaban J connectivity index is 2.20. The first-order valence-electron chi connectivity index (χ1n) is 7.80. The van der Waals surface area contributed by atoms with E-state index in [1.54, 1.807) is 0 Å². The van der Waals surface area contributed by atoms with Gasteiger partial charge in [-0.3, -0.25) is 4.90 Å². The summed E-state index contributed by atoms with van der Waals surface area (Å²) in [6.45, 7) is 9.62. The molecular formula is C17H28N2O. The SMILES string of the molecule is CCOc1ccc(C2C(CNC)CCN2C(C)C)cc1. The van der Waals surface area contributed by atoms with Crippen LogP contribution in [0.5, 0.6) is 5.75 Å². The number of benzene rings is 1. The first-order chi connectivity index (χ1) is 9.67. The van der Waals surface area contributed by atoms with E-state index in [4.69, 9.17) is 4.74 Å². The molecule has 2 atom stereocenters. The Bertz CT molecular complexity index is 402. The van der Waals surface area contributed by atoms with E-state index in [9.17, 15) is 0 Å². The van der Waals surface area contributed by atoms with Gasteiger partial charge in [-0.2, -0.15) is 0 Å². The van der Waals surface area contributed by atoms with Crippen LogP contribution in [0.4, 0.5) is 0 Å². The summed E-state index contributed by atoms with van der Waals surface area (Å²) in [6.07, 6.45) is 1.27. The van der Waals surface area contributed by atoms with Gasteiger partial charge in [0.25, 0.3) is 0 Å². The number of hydrogen-bond donors (Lipinski definition) is 1. The summed E-state index contributed by atoms with van der Waals surface area (Å²) < 4.78 is 5.55. The molecule has 1 fully saturated rings. The molecule has 2 rings (SSSR count). The van der Waals surface area contributed by atoms with E-state index in [1.165, 1.54) is 18.5 Å². The lowest BCUT2D eigenvalue weighted by molar-refractivity contribution is 0.182. The zero-order valence-corrected chi connectivity index (χ0v) is 13.2. The average molecular weight is 276 g/mol. The van der Waals surface area contributed by atoms with Crippen molar-refractivity contribution < 1.29 is 4.74 Å². The zero-order valence-electron chi connectivity index (χ0n) is 13.2. The van der Waals surface area contributed by atoms with Gasteiger partial charge in [0.15, 0.2) is 0 Å². The molecule has 0 spiro atoms. The summed E-state index contributed by atoms with van der Waals surface area (Å²) in [6, 6.07) is 9.79. The van der Waals surface area contributed by atoms with E-state index in [-0.39, 0.29) is 0 Å². The highest BCUT2D eigenvalue weighted by atomic mass is 16.5.